The molecule has 1 aromatic rings. The molecule has 2 amide bonds. The van der Waals surface area contributed by atoms with Crippen molar-refractivity contribution in [1.29, 1.82) is 0 Å². The number of rotatable bonds is 5. The summed E-state index contributed by atoms with van der Waals surface area (Å²) in [6, 6.07) is 6.02. The van der Waals surface area contributed by atoms with Gasteiger partial charge in [0.05, 0.1) is 5.75 Å². The molecule has 0 unspecified atom stereocenters. The van der Waals surface area contributed by atoms with Crippen LogP contribution in [0.1, 0.15) is 6.92 Å². The zero-order valence-electron chi connectivity index (χ0n) is 11.6. The normalized spacial score (nSPS) is 10.2. The van der Waals surface area contributed by atoms with Crippen LogP contribution in [0.5, 0.6) is 5.75 Å². The minimum Gasteiger partial charge on any atom is -0.410 e. The Morgan fingerprint density at radius 1 is 1.24 bits per heavy atom. The van der Waals surface area contributed by atoms with Gasteiger partial charge in [0.15, 0.2) is 0 Å². The number of benzene rings is 1. The van der Waals surface area contributed by atoms with Crippen LogP contribution in [-0.2, 0) is 14.9 Å². The molecule has 0 fully saturated rings. The molecule has 21 heavy (non-hydrogen) atoms. The number of hydrogen-bond donors (Lipinski definition) is 3. The van der Waals surface area contributed by atoms with Gasteiger partial charge in [-0.1, -0.05) is 0 Å². The van der Waals surface area contributed by atoms with Crippen molar-refractivity contribution in [2.75, 3.05) is 17.6 Å². The second-order valence-electron chi connectivity index (χ2n) is 3.81. The van der Waals surface area contributed by atoms with Crippen LogP contribution in [0.4, 0.5) is 10.5 Å². The molecule has 1 aromatic carbocycles. The van der Waals surface area contributed by atoms with Crippen molar-refractivity contribution in [2.45, 2.75) is 6.92 Å². The van der Waals surface area contributed by atoms with Crippen LogP contribution in [0.3, 0.4) is 0 Å². The number of amides is 2. The third-order valence-electron chi connectivity index (χ3n) is 2.01. The molecular formula is C11H14N2NaO6S. The van der Waals surface area contributed by atoms with E-state index < -0.39 is 22.0 Å². The Morgan fingerprint density at radius 2 is 1.81 bits per heavy atom. The SMILES string of the molecule is CC(=O)Nc1ccc(OC(=O)NCCS(=O)(=O)O)cc1.[Na]. The van der Waals surface area contributed by atoms with Crippen LogP contribution in [0.25, 0.3) is 0 Å². The predicted octanol–water partition coefficient (Wildman–Crippen LogP) is 0.240. The Kier molecular flexibility index (Phi) is 8.52. The Hall–Kier alpha value is -1.13. The molecule has 10 heteroatoms. The standard InChI is InChI=1S/C11H14N2O6S.Na/c1-8(14)13-9-2-4-10(5-3-9)19-11(15)12-6-7-20(16,17)18;/h2-5H,6-7H2,1H3,(H,12,15)(H,13,14)(H,16,17,18);. The van der Waals surface area contributed by atoms with Gasteiger partial charge in [0, 0.05) is 48.7 Å². The number of carbonyl (C=O) groups is 2. The maximum atomic E-state index is 11.3. The number of ether oxygens (including phenoxy) is 1. The van der Waals surface area contributed by atoms with E-state index in [4.69, 9.17) is 9.29 Å². The van der Waals surface area contributed by atoms with Gasteiger partial charge in [-0.25, -0.2) is 4.79 Å². The topological polar surface area (TPSA) is 122 Å². The van der Waals surface area contributed by atoms with Gasteiger partial charge < -0.3 is 15.4 Å². The van der Waals surface area contributed by atoms with E-state index in [0.717, 1.165) is 0 Å². The summed E-state index contributed by atoms with van der Waals surface area (Å²) in [5.74, 6) is -0.589. The summed E-state index contributed by atoms with van der Waals surface area (Å²) < 4.78 is 34.2. The van der Waals surface area contributed by atoms with Crippen molar-refractivity contribution in [3.63, 3.8) is 0 Å². The molecule has 0 aliphatic rings. The molecule has 0 aromatic heterocycles. The fourth-order valence-corrected chi connectivity index (χ4v) is 1.59. The molecule has 0 aliphatic carbocycles. The van der Waals surface area contributed by atoms with E-state index in [-0.39, 0.29) is 47.8 Å². The van der Waals surface area contributed by atoms with E-state index in [1.165, 1.54) is 19.1 Å². The number of anilines is 1. The number of hydrogen-bond acceptors (Lipinski definition) is 5. The third-order valence-corrected chi connectivity index (χ3v) is 2.73. The molecule has 1 rings (SSSR count). The summed E-state index contributed by atoms with van der Waals surface area (Å²) in [6.45, 7) is 1.11. The Labute approximate surface area is 144 Å². The van der Waals surface area contributed by atoms with E-state index in [9.17, 15) is 18.0 Å². The second-order valence-corrected chi connectivity index (χ2v) is 5.38. The van der Waals surface area contributed by atoms with Crippen LogP contribution in [0.2, 0.25) is 0 Å². The summed E-state index contributed by atoms with van der Waals surface area (Å²) in [6.07, 6.45) is -0.846. The Morgan fingerprint density at radius 3 is 2.29 bits per heavy atom. The molecule has 0 saturated carbocycles. The second kappa shape index (κ2) is 9.00. The number of carbonyl (C=O) groups excluding carboxylic acids is 2. The molecular weight excluding hydrogens is 311 g/mol. The van der Waals surface area contributed by atoms with Gasteiger partial charge in [-0.3, -0.25) is 9.35 Å². The van der Waals surface area contributed by atoms with E-state index in [1.807, 2.05) is 0 Å². The largest absolute Gasteiger partial charge is 0.412 e. The predicted molar refractivity (Wildman–Crippen MR) is 76.9 cm³/mol. The van der Waals surface area contributed by atoms with Gasteiger partial charge in [-0.2, -0.15) is 8.42 Å². The Bertz CT molecular complexity index is 587. The van der Waals surface area contributed by atoms with Crippen LogP contribution < -0.4 is 15.4 Å². The van der Waals surface area contributed by atoms with Gasteiger partial charge >= 0.3 is 6.09 Å². The summed E-state index contributed by atoms with van der Waals surface area (Å²) in [5.41, 5.74) is 0.552. The van der Waals surface area contributed by atoms with Gasteiger partial charge in [-0.15, -0.1) is 0 Å². The average Bonchev–Trinajstić information content (AvgIpc) is 2.29. The zero-order valence-corrected chi connectivity index (χ0v) is 14.4. The summed E-state index contributed by atoms with van der Waals surface area (Å²) in [5, 5.41) is 4.71. The average molecular weight is 325 g/mol. The van der Waals surface area contributed by atoms with Crippen LogP contribution in [-0.4, -0.2) is 66.8 Å². The summed E-state index contributed by atoms with van der Waals surface area (Å²) in [7, 11) is -4.12. The first-order valence-electron chi connectivity index (χ1n) is 5.55. The first kappa shape index (κ1) is 19.9. The minimum atomic E-state index is -4.12. The number of nitrogens with one attached hydrogen (secondary N) is 2. The zero-order chi connectivity index (χ0) is 15.2. The van der Waals surface area contributed by atoms with Crippen molar-refractivity contribution in [3.05, 3.63) is 24.3 Å². The fourth-order valence-electron chi connectivity index (χ4n) is 1.23. The van der Waals surface area contributed by atoms with Crippen LogP contribution >= 0.6 is 0 Å². The summed E-state index contributed by atoms with van der Waals surface area (Å²) in [4.78, 5) is 22.1. The van der Waals surface area contributed by atoms with Crippen LogP contribution in [0, 0.1) is 0 Å². The molecule has 0 atom stereocenters. The molecule has 8 nitrogen and oxygen atoms in total. The molecule has 0 bridgehead atoms. The van der Waals surface area contributed by atoms with E-state index in [0.29, 0.717) is 5.69 Å². The first-order chi connectivity index (χ1) is 9.26. The molecule has 111 valence electrons. The van der Waals surface area contributed by atoms with Crippen LogP contribution in [0.15, 0.2) is 24.3 Å². The van der Waals surface area contributed by atoms with Gasteiger partial charge in [0.25, 0.3) is 10.1 Å². The van der Waals surface area contributed by atoms with E-state index in [1.54, 1.807) is 12.1 Å². The monoisotopic (exact) mass is 325 g/mol. The van der Waals surface area contributed by atoms with Crippen molar-refractivity contribution in [2.24, 2.45) is 0 Å². The maximum Gasteiger partial charge on any atom is 0.412 e. The smallest absolute Gasteiger partial charge is 0.410 e. The summed E-state index contributed by atoms with van der Waals surface area (Å²) >= 11 is 0. The van der Waals surface area contributed by atoms with Crippen molar-refractivity contribution in [1.82, 2.24) is 5.32 Å². The Balaban J connectivity index is 0.00000400. The molecule has 0 saturated heterocycles. The van der Waals surface area contributed by atoms with Gasteiger partial charge in [0.2, 0.25) is 5.91 Å². The molecule has 0 spiro atoms. The van der Waals surface area contributed by atoms with Gasteiger partial charge in [0.1, 0.15) is 5.75 Å². The third kappa shape index (κ3) is 9.43. The van der Waals surface area contributed by atoms with Crippen molar-refractivity contribution in [3.8, 4) is 5.75 Å². The molecule has 3 N–H and O–H groups in total. The van der Waals surface area contributed by atoms with Crippen molar-refractivity contribution < 1.29 is 27.3 Å². The molecule has 0 aliphatic heterocycles. The first-order valence-corrected chi connectivity index (χ1v) is 7.16. The van der Waals surface area contributed by atoms with E-state index >= 15 is 0 Å². The molecule has 0 heterocycles. The van der Waals surface area contributed by atoms with Crippen molar-refractivity contribution >= 4 is 57.4 Å². The fraction of sp³-hybridized carbons (Fsp3) is 0.273. The minimum absolute atomic E-state index is 0. The van der Waals surface area contributed by atoms with E-state index in [2.05, 4.69) is 10.6 Å². The maximum absolute atomic E-state index is 11.3. The van der Waals surface area contributed by atoms with Gasteiger partial charge in [-0.05, 0) is 24.3 Å². The molecule has 1 radical (unpaired) electrons. The quantitative estimate of drug-likeness (QED) is 0.526.